The van der Waals surface area contributed by atoms with Crippen LogP contribution >= 0.6 is 0 Å². The monoisotopic (exact) mass is 690 g/mol. The predicted octanol–water partition coefficient (Wildman–Crippen LogP) is 3.97. The summed E-state index contributed by atoms with van der Waals surface area (Å²) in [5.41, 5.74) is 6.56. The van der Waals surface area contributed by atoms with Gasteiger partial charge in [0.1, 0.15) is 6.79 Å². The summed E-state index contributed by atoms with van der Waals surface area (Å²) in [6, 6.07) is 0. The first-order chi connectivity index (χ1) is 23.6. The van der Waals surface area contributed by atoms with Gasteiger partial charge < -0.3 is 45.3 Å². The summed E-state index contributed by atoms with van der Waals surface area (Å²) in [5, 5.41) is 35.3. The third kappa shape index (κ3) is 7.12. The number of piperidine rings is 1. The molecule has 280 valence electrons. The first kappa shape index (κ1) is 36.5. The fraction of sp³-hybridized carbons (Fsp3) is 0.974. The van der Waals surface area contributed by atoms with Crippen molar-refractivity contribution in [3.8, 4) is 0 Å². The normalized spacial score (nSPS) is 51.2. The molecule has 1 spiro atoms. The Morgan fingerprint density at radius 1 is 0.959 bits per heavy atom. The number of nitrogens with one attached hydrogen (secondary N) is 1. The van der Waals surface area contributed by atoms with E-state index in [-0.39, 0.29) is 66.7 Å². The summed E-state index contributed by atoms with van der Waals surface area (Å²) in [5.74, 6) is 3.78. The lowest BCUT2D eigenvalue weighted by atomic mass is 9.45. The van der Waals surface area contributed by atoms with Gasteiger partial charge in [0, 0.05) is 20.0 Å². The van der Waals surface area contributed by atoms with Gasteiger partial charge >= 0.3 is 5.97 Å². The van der Waals surface area contributed by atoms with Crippen molar-refractivity contribution >= 4 is 5.97 Å². The molecule has 2 saturated heterocycles. The number of aliphatic hydroxyl groups excluding tert-OH is 3. The van der Waals surface area contributed by atoms with Crippen molar-refractivity contribution in [2.75, 3.05) is 27.1 Å². The molecular weight excluding hydrogens is 624 g/mol. The summed E-state index contributed by atoms with van der Waals surface area (Å²) in [7, 11) is 1.69. The third-order valence-electron chi connectivity index (χ3n) is 15.3. The number of ether oxygens (including phenoxy) is 4. The maximum Gasteiger partial charge on any atom is 0.302 e. The Morgan fingerprint density at radius 3 is 2.53 bits per heavy atom. The molecule has 49 heavy (non-hydrogen) atoms. The molecule has 0 bridgehead atoms. The Labute approximate surface area is 293 Å². The molecule has 0 aromatic heterocycles. The average molecular weight is 691 g/mol. The van der Waals surface area contributed by atoms with Gasteiger partial charge in [-0.15, -0.1) is 0 Å². The molecule has 7 aliphatic rings. The van der Waals surface area contributed by atoms with Crippen molar-refractivity contribution in [3.05, 3.63) is 0 Å². The second-order valence-electron chi connectivity index (χ2n) is 17.8. The number of carbonyl (C=O) groups excluding carboxylic acids is 1. The Balaban J connectivity index is 1.19. The van der Waals surface area contributed by atoms with Crippen LogP contribution in [0.2, 0.25) is 0 Å². The van der Waals surface area contributed by atoms with Crippen LogP contribution in [0.3, 0.4) is 0 Å². The number of hydrogen-bond acceptors (Lipinski definition) is 10. The van der Waals surface area contributed by atoms with E-state index < -0.39 is 6.10 Å². The maximum absolute atomic E-state index is 12.2. The van der Waals surface area contributed by atoms with Gasteiger partial charge in [-0.25, -0.2) is 0 Å². The molecule has 0 radical (unpaired) electrons. The fourth-order valence-electron chi connectivity index (χ4n) is 13.5. The number of aliphatic hydroxyl groups is 3. The second-order valence-corrected chi connectivity index (χ2v) is 17.8. The van der Waals surface area contributed by atoms with Crippen molar-refractivity contribution < 1.29 is 39.1 Å². The summed E-state index contributed by atoms with van der Waals surface area (Å²) in [4.78, 5) is 12.2. The van der Waals surface area contributed by atoms with Crippen LogP contribution in [0.25, 0.3) is 0 Å². The minimum absolute atomic E-state index is 0.0358. The van der Waals surface area contributed by atoms with Crippen LogP contribution in [0.1, 0.15) is 104 Å². The Bertz CT molecular complexity index is 1130. The zero-order chi connectivity index (χ0) is 34.4. The number of methoxy groups -OCH3 is 1. The molecule has 7 fully saturated rings. The van der Waals surface area contributed by atoms with E-state index in [1.54, 1.807) is 7.11 Å². The summed E-state index contributed by atoms with van der Waals surface area (Å²) >= 11 is 0. The van der Waals surface area contributed by atoms with E-state index in [4.69, 9.17) is 24.7 Å². The molecule has 6 N–H and O–H groups in total. The van der Waals surface area contributed by atoms with Gasteiger partial charge in [-0.3, -0.25) is 4.79 Å². The first-order valence-electron chi connectivity index (χ1n) is 20.0. The molecule has 0 aromatic rings. The standard InChI is InChI=1S/C39H66N2O8/c1-4-24-12-23(18-41-38(24)40)11-22-9-10-39(16-22)17-26-13-27(44)15-33(48-20-42)34(26)29-7-6-28-30(19-47-21(2)43)36(49-37(28)35(29)39)25-5-8-31(45)32(14-25)46-3/h22-38,41-42,44-45H,4-20,40H2,1-3H3. The third-order valence-corrected chi connectivity index (χ3v) is 15.3. The lowest BCUT2D eigenvalue weighted by molar-refractivity contribution is -0.206. The topological polar surface area (TPSA) is 153 Å². The minimum atomic E-state index is -0.456. The van der Waals surface area contributed by atoms with Gasteiger partial charge in [-0.05, 0) is 149 Å². The molecule has 5 aliphatic carbocycles. The molecule has 2 heterocycles. The molecular formula is C39H66N2O8. The van der Waals surface area contributed by atoms with Gasteiger partial charge in [-0.2, -0.15) is 0 Å². The minimum Gasteiger partial charge on any atom is -0.465 e. The van der Waals surface area contributed by atoms with Crippen molar-refractivity contribution in [2.45, 2.75) is 147 Å². The van der Waals surface area contributed by atoms with Crippen molar-refractivity contribution in [1.82, 2.24) is 5.32 Å². The van der Waals surface area contributed by atoms with Crippen LogP contribution in [-0.2, 0) is 23.7 Å². The van der Waals surface area contributed by atoms with Crippen molar-refractivity contribution in [2.24, 2.45) is 70.3 Å². The van der Waals surface area contributed by atoms with E-state index in [0.717, 1.165) is 51.5 Å². The smallest absolute Gasteiger partial charge is 0.302 e. The molecule has 0 amide bonds. The van der Waals surface area contributed by atoms with Gasteiger partial charge in [0.2, 0.25) is 0 Å². The van der Waals surface area contributed by atoms with Gasteiger partial charge in [0.05, 0.1) is 49.4 Å². The Kier molecular flexibility index (Phi) is 11.4. The lowest BCUT2D eigenvalue weighted by Crippen LogP contribution is -2.59. The van der Waals surface area contributed by atoms with Gasteiger partial charge in [-0.1, -0.05) is 13.3 Å². The van der Waals surface area contributed by atoms with E-state index in [2.05, 4.69) is 12.2 Å². The Morgan fingerprint density at radius 2 is 1.78 bits per heavy atom. The molecule has 2 aliphatic heterocycles. The van der Waals surface area contributed by atoms with Crippen LogP contribution in [0.15, 0.2) is 0 Å². The molecule has 18 unspecified atom stereocenters. The van der Waals surface area contributed by atoms with Crippen molar-refractivity contribution in [3.63, 3.8) is 0 Å². The number of carbonyl (C=O) groups is 1. The van der Waals surface area contributed by atoms with E-state index in [0.29, 0.717) is 66.8 Å². The largest absolute Gasteiger partial charge is 0.465 e. The van der Waals surface area contributed by atoms with Gasteiger partial charge in [0.15, 0.2) is 0 Å². The average Bonchev–Trinajstić information content (AvgIpc) is 3.65. The Hall–Kier alpha value is -0.850. The van der Waals surface area contributed by atoms with Crippen LogP contribution in [0.4, 0.5) is 0 Å². The number of hydrogen-bond donors (Lipinski definition) is 5. The highest BCUT2D eigenvalue weighted by Gasteiger charge is 2.65. The molecule has 0 aromatic carbocycles. The summed E-state index contributed by atoms with van der Waals surface area (Å²) in [6.45, 7) is 4.85. The molecule has 10 heteroatoms. The van der Waals surface area contributed by atoms with Crippen LogP contribution < -0.4 is 11.1 Å². The fourth-order valence-corrected chi connectivity index (χ4v) is 13.5. The van der Waals surface area contributed by atoms with Crippen LogP contribution in [0.5, 0.6) is 0 Å². The van der Waals surface area contributed by atoms with Gasteiger partial charge in [0.25, 0.3) is 0 Å². The van der Waals surface area contributed by atoms with E-state index in [1.807, 2.05) is 0 Å². The molecule has 18 atom stereocenters. The highest BCUT2D eigenvalue weighted by atomic mass is 16.6. The summed E-state index contributed by atoms with van der Waals surface area (Å²) < 4.78 is 25.1. The zero-order valence-corrected chi connectivity index (χ0v) is 30.3. The molecule has 10 nitrogen and oxygen atoms in total. The zero-order valence-electron chi connectivity index (χ0n) is 30.3. The number of nitrogens with two attached hydrogens (primary N) is 1. The molecule has 5 saturated carbocycles. The number of fused-ring (bicyclic) bond motifs is 6. The van der Waals surface area contributed by atoms with Crippen LogP contribution in [-0.4, -0.2) is 91.1 Å². The highest BCUT2D eigenvalue weighted by Crippen LogP contribution is 2.68. The highest BCUT2D eigenvalue weighted by molar-refractivity contribution is 5.65. The lowest BCUT2D eigenvalue weighted by Gasteiger charge is -2.61. The van der Waals surface area contributed by atoms with E-state index in [1.165, 1.54) is 39.0 Å². The second kappa shape index (κ2) is 15.2. The number of esters is 1. The van der Waals surface area contributed by atoms with E-state index in [9.17, 15) is 20.1 Å². The predicted molar refractivity (Wildman–Crippen MR) is 184 cm³/mol. The first-order valence-corrected chi connectivity index (χ1v) is 20.0. The maximum atomic E-state index is 12.2. The molecule has 7 rings (SSSR count). The van der Waals surface area contributed by atoms with Crippen molar-refractivity contribution in [1.29, 1.82) is 0 Å². The van der Waals surface area contributed by atoms with Crippen LogP contribution in [0, 0.1) is 64.6 Å². The summed E-state index contributed by atoms with van der Waals surface area (Å²) in [6.07, 6.45) is 13.2. The van der Waals surface area contributed by atoms with E-state index >= 15 is 0 Å². The SMILES string of the molecule is CCC1CC(CC2CCC3(C2)CC2CC(O)CC(OCO)C2C2CCC4C(COC(C)=O)C(C5CCC(O)C(OC)C5)OC4C23)CNC1N. The number of rotatable bonds is 9. The quantitative estimate of drug-likeness (QED) is 0.178.